The van der Waals surface area contributed by atoms with Crippen LogP contribution in [0.2, 0.25) is 0 Å². The average molecular weight is 215 g/mol. The van der Waals surface area contributed by atoms with Gasteiger partial charge in [-0.2, -0.15) is 0 Å². The molecular formula is C5H12MoOP. The van der Waals surface area contributed by atoms with Crippen LogP contribution in [0, 0.1) is 0 Å². The van der Waals surface area contributed by atoms with Crippen LogP contribution in [-0.2, 0) is 23.9 Å². The second-order valence-corrected chi connectivity index (χ2v) is 11.2. The Labute approximate surface area is 62.0 Å². The molecule has 0 aromatic rings. The summed E-state index contributed by atoms with van der Waals surface area (Å²) in [5.41, 5.74) is 0. The van der Waals surface area contributed by atoms with E-state index in [2.05, 4.69) is 0 Å². The van der Waals surface area contributed by atoms with E-state index in [1.165, 1.54) is 0 Å². The van der Waals surface area contributed by atoms with Gasteiger partial charge >= 0.3 is 61.7 Å². The van der Waals surface area contributed by atoms with E-state index in [0.29, 0.717) is 0 Å². The summed E-state index contributed by atoms with van der Waals surface area (Å²) < 4.78 is 11.2. The van der Waals surface area contributed by atoms with Crippen molar-refractivity contribution >= 4 is 5.23 Å². The van der Waals surface area contributed by atoms with Crippen LogP contribution < -0.4 is 0 Å². The van der Waals surface area contributed by atoms with Gasteiger partial charge in [0.25, 0.3) is 0 Å². The van der Waals surface area contributed by atoms with Gasteiger partial charge in [0, 0.05) is 0 Å². The van der Waals surface area contributed by atoms with Crippen molar-refractivity contribution in [2.45, 2.75) is 25.9 Å². The first kappa shape index (κ1) is 8.92. The fourth-order valence-electron chi connectivity index (χ4n) is 0. The minimum atomic E-state index is -1.84. The number of rotatable bonds is 0. The van der Waals surface area contributed by atoms with Gasteiger partial charge in [-0.15, -0.1) is 0 Å². The van der Waals surface area contributed by atoms with E-state index in [4.69, 9.17) is 0 Å². The van der Waals surface area contributed by atoms with Gasteiger partial charge in [-0.05, 0) is 0 Å². The van der Waals surface area contributed by atoms with Gasteiger partial charge in [0.1, 0.15) is 0 Å². The monoisotopic (exact) mass is 217 g/mol. The van der Waals surface area contributed by atoms with Gasteiger partial charge in [0.2, 0.25) is 0 Å². The standard InChI is InChI=1S/C5H12OP.Mo/c1-5(2,3)7(4)6;/h1-4H3;/q+1;-1. The van der Waals surface area contributed by atoms with Crippen molar-refractivity contribution in [1.82, 2.24) is 0 Å². The molecule has 0 aliphatic carbocycles. The summed E-state index contributed by atoms with van der Waals surface area (Å²) in [6, 6.07) is 0. The van der Waals surface area contributed by atoms with Crippen LogP contribution in [0.25, 0.3) is 0 Å². The van der Waals surface area contributed by atoms with Gasteiger partial charge in [-0.3, -0.25) is 0 Å². The first-order valence-electron chi connectivity index (χ1n) is 2.54. The molecule has 1 unspecified atom stereocenters. The zero-order chi connectivity index (χ0) is 7.00. The first-order chi connectivity index (χ1) is 3.25. The Bertz CT molecular complexity index is 119. The van der Waals surface area contributed by atoms with Crippen molar-refractivity contribution in [1.29, 1.82) is 0 Å². The summed E-state index contributed by atoms with van der Waals surface area (Å²) in [6.07, 6.45) is 0. The summed E-state index contributed by atoms with van der Waals surface area (Å²) in [5, 5.41) is -1.84. The van der Waals surface area contributed by atoms with Crippen LogP contribution in [0.4, 0.5) is 0 Å². The zero-order valence-electron chi connectivity index (χ0n) is 5.76. The summed E-state index contributed by atoms with van der Waals surface area (Å²) in [7, 11) is 0. The molecule has 8 heavy (non-hydrogen) atoms. The molecule has 0 N–H and O–H groups in total. The molecule has 0 fully saturated rings. The second-order valence-electron chi connectivity index (χ2n) is 3.02. The topological polar surface area (TPSA) is 17.1 Å². The van der Waals surface area contributed by atoms with Crippen LogP contribution >= 0.6 is 5.23 Å². The molecule has 1 nitrogen and oxygen atoms in total. The molecule has 49 valence electrons. The number of hydrogen-bond donors (Lipinski definition) is 0. The Morgan fingerprint density at radius 1 is 1.38 bits per heavy atom. The average Bonchev–Trinajstić information content (AvgIpc) is 1.25. The Morgan fingerprint density at radius 3 is 1.50 bits per heavy atom. The molecule has 1 atom stereocenters. The van der Waals surface area contributed by atoms with E-state index in [0.717, 1.165) is 0 Å². The Kier molecular flexibility index (Phi) is 2.53. The van der Waals surface area contributed by atoms with Gasteiger partial charge in [-0.1, -0.05) is 0 Å². The van der Waals surface area contributed by atoms with Crippen molar-refractivity contribution in [3.05, 3.63) is 0 Å². The van der Waals surface area contributed by atoms with Gasteiger partial charge in [0.15, 0.2) is 0 Å². The van der Waals surface area contributed by atoms with E-state index in [-0.39, 0.29) is 5.16 Å². The minimum absolute atomic E-state index is 0.00250. The molecule has 3 heteroatoms. The summed E-state index contributed by atoms with van der Waals surface area (Å²) in [4.78, 5) is 0. The predicted octanol–water partition coefficient (Wildman–Crippen LogP) is 2.24. The van der Waals surface area contributed by atoms with Crippen LogP contribution in [0.3, 0.4) is 0 Å². The normalized spacial score (nSPS) is 20.0. The third kappa shape index (κ3) is 2.46. The van der Waals surface area contributed by atoms with Crippen LogP contribution in [0.15, 0.2) is 0 Å². The van der Waals surface area contributed by atoms with Crippen molar-refractivity contribution in [2.75, 3.05) is 6.66 Å². The van der Waals surface area contributed by atoms with E-state index >= 15 is 0 Å². The summed E-state index contributed by atoms with van der Waals surface area (Å²) in [5.74, 6) is 0. The summed E-state index contributed by atoms with van der Waals surface area (Å²) in [6.45, 7) is 7.86. The molecule has 0 aliphatic heterocycles. The molecule has 0 aromatic carbocycles. The van der Waals surface area contributed by atoms with E-state index in [1.807, 2.05) is 27.4 Å². The van der Waals surface area contributed by atoms with Gasteiger partial charge in [-0.25, -0.2) is 0 Å². The maximum atomic E-state index is 11.2. The molecule has 0 amide bonds. The van der Waals surface area contributed by atoms with Crippen molar-refractivity contribution in [2.24, 2.45) is 0 Å². The molecule has 0 rings (SSSR count). The molecule has 0 aromatic heterocycles. The molecule has 0 aliphatic rings. The van der Waals surface area contributed by atoms with Crippen LogP contribution in [0.1, 0.15) is 20.8 Å². The number of hydrogen-bond acceptors (Lipinski definition) is 1. The molecule has 0 spiro atoms. The van der Waals surface area contributed by atoms with Gasteiger partial charge in [0.05, 0.1) is 0 Å². The van der Waals surface area contributed by atoms with Crippen LogP contribution in [0.5, 0.6) is 0 Å². The molecule has 0 heterocycles. The molecule has 0 saturated carbocycles. The predicted molar refractivity (Wildman–Crippen MR) is 33.3 cm³/mol. The van der Waals surface area contributed by atoms with E-state index in [1.54, 1.807) is 19.3 Å². The van der Waals surface area contributed by atoms with Gasteiger partial charge < -0.3 is 0 Å². The first-order valence-corrected chi connectivity index (χ1v) is 7.30. The Balaban J connectivity index is 4.26. The third-order valence-corrected chi connectivity index (χ3v) is 7.69. The van der Waals surface area contributed by atoms with E-state index < -0.39 is 5.23 Å². The SMILES string of the molecule is CC(C)(C)[P](C)(=O)[Mo]. The van der Waals surface area contributed by atoms with Crippen LogP contribution in [-0.4, -0.2) is 11.8 Å². The maximum absolute atomic E-state index is 11.2. The fourth-order valence-corrected chi connectivity index (χ4v) is 0. The Hall–Kier alpha value is 0.918. The fraction of sp³-hybridized carbons (Fsp3) is 1.00. The van der Waals surface area contributed by atoms with Crippen molar-refractivity contribution in [3.63, 3.8) is 0 Å². The zero-order valence-corrected chi connectivity index (χ0v) is 8.67. The van der Waals surface area contributed by atoms with Crippen molar-refractivity contribution in [3.8, 4) is 0 Å². The molecule has 0 saturated heterocycles. The molecular weight excluding hydrogens is 203 g/mol. The second kappa shape index (κ2) is 2.27. The van der Waals surface area contributed by atoms with E-state index in [9.17, 15) is 4.57 Å². The third-order valence-electron chi connectivity index (χ3n) is 1.22. The quantitative estimate of drug-likeness (QED) is 0.447. The summed E-state index contributed by atoms with van der Waals surface area (Å²) >= 11 is 1.76. The molecule has 0 radical (unpaired) electrons. The Morgan fingerprint density at radius 2 is 1.50 bits per heavy atom. The van der Waals surface area contributed by atoms with Crippen molar-refractivity contribution < 1.29 is 23.9 Å². The molecule has 0 bridgehead atoms.